The summed E-state index contributed by atoms with van der Waals surface area (Å²) in [7, 11) is 0. The molecule has 0 spiro atoms. The van der Waals surface area contributed by atoms with Gasteiger partial charge < -0.3 is 5.73 Å². The smallest absolute Gasteiger partial charge is 0.375 e. The maximum absolute atomic E-state index is 12.7. The molecule has 128 valence electrons. The van der Waals surface area contributed by atoms with E-state index < -0.39 is 11.7 Å². The summed E-state index contributed by atoms with van der Waals surface area (Å²) in [6, 6.07) is 0.829. The molecule has 0 aromatic carbocycles. The van der Waals surface area contributed by atoms with Crippen LogP contribution in [0.3, 0.4) is 0 Å². The van der Waals surface area contributed by atoms with Gasteiger partial charge in [0.05, 0.1) is 26.9 Å². The van der Waals surface area contributed by atoms with Gasteiger partial charge in [0.25, 0.3) is 0 Å². The number of pyridine rings is 1. The first-order chi connectivity index (χ1) is 11.1. The highest BCUT2D eigenvalue weighted by Gasteiger charge is 2.32. The van der Waals surface area contributed by atoms with Gasteiger partial charge in [0, 0.05) is 6.20 Å². The van der Waals surface area contributed by atoms with Gasteiger partial charge in [-0.2, -0.15) is 18.3 Å². The number of rotatable bonds is 3. The second-order valence-corrected chi connectivity index (χ2v) is 6.51. The van der Waals surface area contributed by atoms with E-state index in [1.54, 1.807) is 13.8 Å². The fourth-order valence-electron chi connectivity index (χ4n) is 1.77. The molecule has 0 atom stereocenters. The molecule has 3 N–H and O–H groups in total. The van der Waals surface area contributed by atoms with Gasteiger partial charge in [-0.15, -0.1) is 11.3 Å². The molecule has 24 heavy (non-hydrogen) atoms. The molecule has 0 amide bonds. The second-order valence-electron chi connectivity index (χ2n) is 4.66. The lowest BCUT2D eigenvalue weighted by molar-refractivity contribution is -0.137. The Bertz CT molecular complexity index is 816. The SMILES string of the molecule is CC(=NNC(N)=S)c1sc(-c2ncc(C(F)(F)F)cc2Cl)nc1C. The molecule has 11 heteroatoms. The van der Waals surface area contributed by atoms with E-state index in [2.05, 4.69) is 32.7 Å². The van der Waals surface area contributed by atoms with Gasteiger partial charge >= 0.3 is 6.18 Å². The Balaban J connectivity index is 2.40. The minimum Gasteiger partial charge on any atom is -0.375 e. The predicted molar refractivity (Wildman–Crippen MR) is 92.2 cm³/mol. The summed E-state index contributed by atoms with van der Waals surface area (Å²) in [5.41, 5.74) is 8.25. The number of halogens is 4. The quantitative estimate of drug-likeness (QED) is 0.472. The van der Waals surface area contributed by atoms with Crippen LogP contribution in [-0.2, 0) is 6.18 Å². The maximum atomic E-state index is 12.7. The number of nitrogens with zero attached hydrogens (tertiary/aromatic N) is 3. The third-order valence-corrected chi connectivity index (χ3v) is 4.48. The first-order valence-corrected chi connectivity index (χ1v) is 8.00. The molecular formula is C13H11ClF3N5S2. The Morgan fingerprint density at radius 2 is 2.12 bits per heavy atom. The number of hydrogen-bond donors (Lipinski definition) is 2. The van der Waals surface area contributed by atoms with Gasteiger partial charge in [0.2, 0.25) is 0 Å². The highest BCUT2D eigenvalue weighted by atomic mass is 35.5. The van der Waals surface area contributed by atoms with Crippen LogP contribution in [0.4, 0.5) is 13.2 Å². The van der Waals surface area contributed by atoms with Crippen molar-refractivity contribution in [3.8, 4) is 10.7 Å². The zero-order chi connectivity index (χ0) is 18.1. The standard InChI is InChI=1S/C13H11ClF3N5S2/c1-5-10(6(2)21-22-12(18)23)24-11(20-5)9-8(14)3-7(4-19-9)13(15,16)17/h3-4H,1-2H3,(H3,18,22,23). The van der Waals surface area contributed by atoms with Gasteiger partial charge in [-0.25, -0.2) is 4.98 Å². The summed E-state index contributed by atoms with van der Waals surface area (Å²) < 4.78 is 38.0. The maximum Gasteiger partial charge on any atom is 0.417 e. The minimum atomic E-state index is -4.51. The molecule has 0 fully saturated rings. The summed E-state index contributed by atoms with van der Waals surface area (Å²) >= 11 is 11.8. The zero-order valence-corrected chi connectivity index (χ0v) is 14.8. The number of aryl methyl sites for hydroxylation is 1. The molecule has 0 aliphatic heterocycles. The number of aromatic nitrogens is 2. The van der Waals surface area contributed by atoms with Crippen molar-refractivity contribution in [2.75, 3.05) is 0 Å². The number of hydrazone groups is 1. The Morgan fingerprint density at radius 1 is 1.46 bits per heavy atom. The van der Waals surface area contributed by atoms with E-state index in [0.717, 1.165) is 12.3 Å². The van der Waals surface area contributed by atoms with Crippen LogP contribution in [0.5, 0.6) is 0 Å². The second kappa shape index (κ2) is 6.99. The van der Waals surface area contributed by atoms with Crippen LogP contribution in [0.15, 0.2) is 17.4 Å². The molecule has 0 aliphatic carbocycles. The van der Waals surface area contributed by atoms with Gasteiger partial charge in [-0.3, -0.25) is 10.4 Å². The van der Waals surface area contributed by atoms with E-state index in [1.165, 1.54) is 11.3 Å². The summed E-state index contributed by atoms with van der Waals surface area (Å²) in [6.45, 7) is 3.46. The van der Waals surface area contributed by atoms with E-state index in [0.29, 0.717) is 21.3 Å². The molecule has 0 bridgehead atoms. The highest BCUT2D eigenvalue weighted by Crippen LogP contribution is 2.36. The van der Waals surface area contributed by atoms with Crippen molar-refractivity contribution < 1.29 is 13.2 Å². The number of nitrogens with one attached hydrogen (secondary N) is 1. The summed E-state index contributed by atoms with van der Waals surface area (Å²) in [4.78, 5) is 8.82. The third-order valence-electron chi connectivity index (χ3n) is 2.83. The van der Waals surface area contributed by atoms with Crippen molar-refractivity contribution in [1.82, 2.24) is 15.4 Å². The van der Waals surface area contributed by atoms with Gasteiger partial charge in [-0.05, 0) is 32.1 Å². The average Bonchev–Trinajstić information content (AvgIpc) is 2.85. The molecule has 0 aliphatic rings. The Morgan fingerprint density at radius 3 is 2.67 bits per heavy atom. The minimum absolute atomic E-state index is 0.0178. The molecule has 2 heterocycles. The number of nitrogens with two attached hydrogens (primary N) is 1. The number of thiocarbonyl (C=S) groups is 1. The third kappa shape index (κ3) is 4.19. The number of thiazole rings is 1. The first kappa shape index (κ1) is 18.6. The van der Waals surface area contributed by atoms with Crippen molar-refractivity contribution >= 4 is 46.0 Å². The van der Waals surface area contributed by atoms with Crippen LogP contribution in [0.1, 0.15) is 23.1 Å². The fourth-order valence-corrected chi connectivity index (χ4v) is 3.15. The zero-order valence-electron chi connectivity index (χ0n) is 12.4. The topological polar surface area (TPSA) is 76.2 Å². The molecule has 2 aromatic heterocycles. The summed E-state index contributed by atoms with van der Waals surface area (Å²) in [5.74, 6) is 0. The Kier molecular flexibility index (Phi) is 5.41. The van der Waals surface area contributed by atoms with Gasteiger partial charge in [0.1, 0.15) is 10.7 Å². The van der Waals surface area contributed by atoms with Gasteiger partial charge in [0.15, 0.2) is 5.11 Å². The lowest BCUT2D eigenvalue weighted by Gasteiger charge is -2.07. The molecule has 0 radical (unpaired) electrons. The highest BCUT2D eigenvalue weighted by molar-refractivity contribution is 7.80. The van der Waals surface area contributed by atoms with E-state index in [-0.39, 0.29) is 15.8 Å². The van der Waals surface area contributed by atoms with Crippen molar-refractivity contribution in [3.63, 3.8) is 0 Å². The van der Waals surface area contributed by atoms with Gasteiger partial charge in [-0.1, -0.05) is 11.6 Å². The first-order valence-electron chi connectivity index (χ1n) is 6.40. The Labute approximate surface area is 149 Å². The van der Waals surface area contributed by atoms with Crippen LogP contribution >= 0.6 is 35.2 Å². The van der Waals surface area contributed by atoms with Crippen LogP contribution in [0.2, 0.25) is 5.02 Å². The van der Waals surface area contributed by atoms with Crippen LogP contribution < -0.4 is 11.2 Å². The monoisotopic (exact) mass is 393 g/mol. The lowest BCUT2D eigenvalue weighted by Crippen LogP contribution is -2.25. The van der Waals surface area contributed by atoms with E-state index >= 15 is 0 Å². The van der Waals surface area contributed by atoms with Crippen molar-refractivity contribution in [1.29, 1.82) is 0 Å². The Hall–Kier alpha value is -1.78. The number of hydrogen-bond acceptors (Lipinski definition) is 5. The van der Waals surface area contributed by atoms with Crippen LogP contribution in [0.25, 0.3) is 10.7 Å². The van der Waals surface area contributed by atoms with Crippen LogP contribution in [0, 0.1) is 6.92 Å². The average molecular weight is 394 g/mol. The molecule has 2 aromatic rings. The normalized spacial score (nSPS) is 12.3. The van der Waals surface area contributed by atoms with Crippen LogP contribution in [-0.4, -0.2) is 20.8 Å². The van der Waals surface area contributed by atoms with E-state index in [9.17, 15) is 13.2 Å². The van der Waals surface area contributed by atoms with Crippen molar-refractivity contribution in [2.24, 2.45) is 10.8 Å². The molecule has 0 saturated carbocycles. The van der Waals surface area contributed by atoms with Crippen molar-refractivity contribution in [2.45, 2.75) is 20.0 Å². The lowest BCUT2D eigenvalue weighted by atomic mass is 10.2. The molecular weight excluding hydrogens is 383 g/mol. The summed E-state index contributed by atoms with van der Waals surface area (Å²) in [6.07, 6.45) is -3.78. The predicted octanol–water partition coefficient (Wildman–Crippen LogP) is 3.74. The largest absolute Gasteiger partial charge is 0.417 e. The van der Waals surface area contributed by atoms with Crippen molar-refractivity contribution in [3.05, 3.63) is 33.4 Å². The molecule has 0 unspecified atom stereocenters. The molecule has 2 rings (SSSR count). The van der Waals surface area contributed by atoms with E-state index in [4.69, 9.17) is 17.3 Å². The fraction of sp³-hybridized carbons (Fsp3) is 0.231. The molecule has 0 saturated heterocycles. The van der Waals surface area contributed by atoms with E-state index in [1.807, 2.05) is 0 Å². The summed E-state index contributed by atoms with van der Waals surface area (Å²) in [5, 5.41) is 4.29. The molecule has 5 nitrogen and oxygen atoms in total. The number of alkyl halides is 3.